The van der Waals surface area contributed by atoms with E-state index < -0.39 is 29.6 Å². The lowest BCUT2D eigenvalue weighted by molar-refractivity contribution is -0.160. The largest absolute Gasteiger partial charge is 0.493 e. The van der Waals surface area contributed by atoms with Gasteiger partial charge in [-0.1, -0.05) is 30.3 Å². The molecule has 0 heterocycles. The number of nitrogens with one attached hydrogen (secondary N) is 1. The number of aryl methyl sites for hydroxylation is 2. The highest BCUT2D eigenvalue weighted by Gasteiger charge is 2.37. The van der Waals surface area contributed by atoms with Crippen LogP contribution < -0.4 is 14.8 Å². The molecule has 3 rings (SSSR count). The smallest absolute Gasteiger partial charge is 0.326 e. The fourth-order valence-electron chi connectivity index (χ4n) is 5.18. The van der Waals surface area contributed by atoms with E-state index in [-0.39, 0.29) is 25.1 Å². The molecule has 0 aliphatic heterocycles. The van der Waals surface area contributed by atoms with E-state index in [1.165, 1.54) is 0 Å². The zero-order valence-electron chi connectivity index (χ0n) is 25.3. The van der Waals surface area contributed by atoms with Gasteiger partial charge < -0.3 is 23.8 Å². The molecule has 0 fully saturated rings. The van der Waals surface area contributed by atoms with Gasteiger partial charge >= 0.3 is 11.9 Å². The number of nitrogens with zero attached hydrogens (tertiary/aromatic N) is 1. The van der Waals surface area contributed by atoms with Crippen molar-refractivity contribution in [2.75, 3.05) is 27.4 Å². The molecule has 0 saturated heterocycles. The van der Waals surface area contributed by atoms with Gasteiger partial charge in [0.1, 0.15) is 18.2 Å². The Kier molecular flexibility index (Phi) is 11.2. The van der Waals surface area contributed by atoms with Crippen LogP contribution in [0.2, 0.25) is 0 Å². The fraction of sp³-hybridized carbons (Fsp3) is 0.531. The van der Waals surface area contributed by atoms with Gasteiger partial charge in [0.2, 0.25) is 5.91 Å². The number of rotatable bonds is 13. The summed E-state index contributed by atoms with van der Waals surface area (Å²) in [5.41, 5.74) is 2.31. The first-order valence-corrected chi connectivity index (χ1v) is 14.2. The van der Waals surface area contributed by atoms with Crippen molar-refractivity contribution in [2.45, 2.75) is 84.0 Å². The van der Waals surface area contributed by atoms with Crippen molar-refractivity contribution >= 4 is 17.8 Å². The Bertz CT molecular complexity index is 1190. The van der Waals surface area contributed by atoms with Gasteiger partial charge in [-0.3, -0.25) is 19.7 Å². The van der Waals surface area contributed by atoms with Crippen LogP contribution in [-0.4, -0.2) is 67.8 Å². The highest BCUT2D eigenvalue weighted by molar-refractivity contribution is 5.87. The van der Waals surface area contributed by atoms with Crippen molar-refractivity contribution in [3.05, 3.63) is 59.2 Å². The summed E-state index contributed by atoms with van der Waals surface area (Å²) in [5.74, 6) is -0.0553. The molecule has 2 unspecified atom stereocenters. The first kappa shape index (κ1) is 31.9. The maximum absolute atomic E-state index is 14.1. The molecule has 1 aliphatic rings. The summed E-state index contributed by atoms with van der Waals surface area (Å²) in [5, 5.41) is 3.20. The van der Waals surface area contributed by atoms with Crippen LogP contribution >= 0.6 is 0 Å². The number of carbonyl (C=O) groups is 3. The average molecular weight is 569 g/mol. The number of benzene rings is 2. The third-order valence-electron chi connectivity index (χ3n) is 7.03. The predicted octanol–water partition coefficient (Wildman–Crippen LogP) is 4.40. The molecule has 9 nitrogen and oxygen atoms in total. The lowest BCUT2D eigenvalue weighted by atomic mass is 10.0. The summed E-state index contributed by atoms with van der Waals surface area (Å²) < 4.78 is 21.9. The van der Waals surface area contributed by atoms with Crippen molar-refractivity contribution < 1.29 is 33.3 Å². The number of fused-ring (bicyclic) bond motifs is 1. The van der Waals surface area contributed by atoms with E-state index in [4.69, 9.17) is 18.9 Å². The standard InChI is InChI=1S/C32H44N2O7/c1-8-40-31(37)25(16-14-22-12-10-9-11-13-22)33-21(2)30(36)34(20-29(35)41-32(3,4)5)26-17-15-23-18-27(38-6)28(39-7)19-24(23)26/h9-13,18-19,21,25-26,33H,8,14-17,20H2,1-7H3/t21-,25?,26?/m0/s1. The van der Waals surface area contributed by atoms with Crippen molar-refractivity contribution in [3.8, 4) is 11.5 Å². The van der Waals surface area contributed by atoms with E-state index in [9.17, 15) is 14.4 Å². The van der Waals surface area contributed by atoms with E-state index in [1.807, 2.05) is 42.5 Å². The Morgan fingerprint density at radius 2 is 1.71 bits per heavy atom. The first-order valence-electron chi connectivity index (χ1n) is 14.2. The van der Waals surface area contributed by atoms with E-state index in [0.29, 0.717) is 37.2 Å². The zero-order valence-corrected chi connectivity index (χ0v) is 25.3. The van der Waals surface area contributed by atoms with Crippen LogP contribution in [-0.2, 0) is 36.7 Å². The lowest BCUT2D eigenvalue weighted by Gasteiger charge is -2.33. The number of hydrogen-bond acceptors (Lipinski definition) is 8. The fourth-order valence-corrected chi connectivity index (χ4v) is 5.18. The lowest BCUT2D eigenvalue weighted by Crippen LogP contribution is -2.53. The van der Waals surface area contributed by atoms with Crippen LogP contribution in [0.5, 0.6) is 11.5 Å². The molecule has 1 amide bonds. The molecule has 2 aromatic carbocycles. The molecule has 1 aliphatic carbocycles. The van der Waals surface area contributed by atoms with Gasteiger partial charge in [-0.05, 0) is 89.1 Å². The maximum Gasteiger partial charge on any atom is 0.326 e. The summed E-state index contributed by atoms with van der Waals surface area (Å²) in [6, 6.07) is 11.8. The summed E-state index contributed by atoms with van der Waals surface area (Å²) in [6.07, 6.45) is 2.43. The Hall–Kier alpha value is -3.59. The normalized spacial score (nSPS) is 15.8. The van der Waals surface area contributed by atoms with E-state index >= 15 is 0 Å². The number of amides is 1. The van der Waals surface area contributed by atoms with Gasteiger partial charge in [-0.15, -0.1) is 0 Å². The number of hydrogen-bond donors (Lipinski definition) is 1. The quantitative estimate of drug-likeness (QED) is 0.355. The monoisotopic (exact) mass is 568 g/mol. The van der Waals surface area contributed by atoms with Crippen molar-refractivity contribution in [1.29, 1.82) is 0 Å². The third-order valence-corrected chi connectivity index (χ3v) is 7.03. The van der Waals surface area contributed by atoms with E-state index in [0.717, 1.165) is 16.7 Å². The Labute approximate surface area is 243 Å². The van der Waals surface area contributed by atoms with Crippen LogP contribution in [0.1, 0.15) is 70.2 Å². The molecular formula is C32H44N2O7. The van der Waals surface area contributed by atoms with Gasteiger partial charge in [0.05, 0.1) is 32.9 Å². The SMILES string of the molecule is CCOC(=O)C(CCc1ccccc1)N[C@@H](C)C(=O)N(CC(=O)OC(C)(C)C)C1CCc2cc(OC)c(OC)cc21. The molecule has 0 radical (unpaired) electrons. The Balaban J connectivity index is 1.87. The van der Waals surface area contributed by atoms with Gasteiger partial charge in [-0.2, -0.15) is 0 Å². The molecule has 9 heteroatoms. The molecular weight excluding hydrogens is 524 g/mol. The Morgan fingerprint density at radius 3 is 2.32 bits per heavy atom. The number of ether oxygens (including phenoxy) is 4. The highest BCUT2D eigenvalue weighted by Crippen LogP contribution is 2.42. The summed E-state index contributed by atoms with van der Waals surface area (Å²) in [6.45, 7) is 8.85. The molecule has 0 bridgehead atoms. The first-order chi connectivity index (χ1) is 19.5. The zero-order chi connectivity index (χ0) is 30.2. The third kappa shape index (κ3) is 8.70. The van der Waals surface area contributed by atoms with Crippen LogP contribution in [0.25, 0.3) is 0 Å². The van der Waals surface area contributed by atoms with Crippen LogP contribution in [0, 0.1) is 0 Å². The van der Waals surface area contributed by atoms with E-state index in [2.05, 4.69) is 5.32 Å². The van der Waals surface area contributed by atoms with Crippen LogP contribution in [0.4, 0.5) is 0 Å². The van der Waals surface area contributed by atoms with Crippen LogP contribution in [0.3, 0.4) is 0 Å². The molecule has 0 spiro atoms. The molecule has 3 atom stereocenters. The second-order valence-electron chi connectivity index (χ2n) is 11.2. The molecule has 1 N–H and O–H groups in total. The molecule has 0 aromatic heterocycles. The van der Waals surface area contributed by atoms with Gasteiger partial charge in [0.25, 0.3) is 0 Å². The van der Waals surface area contributed by atoms with Crippen molar-refractivity contribution in [2.24, 2.45) is 0 Å². The van der Waals surface area contributed by atoms with Crippen molar-refractivity contribution in [3.63, 3.8) is 0 Å². The second kappa shape index (κ2) is 14.3. The molecule has 224 valence electrons. The van der Waals surface area contributed by atoms with Crippen molar-refractivity contribution in [1.82, 2.24) is 10.2 Å². The minimum Gasteiger partial charge on any atom is -0.493 e. The summed E-state index contributed by atoms with van der Waals surface area (Å²) in [4.78, 5) is 41.5. The summed E-state index contributed by atoms with van der Waals surface area (Å²) >= 11 is 0. The molecule has 41 heavy (non-hydrogen) atoms. The Morgan fingerprint density at radius 1 is 1.05 bits per heavy atom. The average Bonchev–Trinajstić information content (AvgIpc) is 3.34. The van der Waals surface area contributed by atoms with Gasteiger partial charge in [0.15, 0.2) is 11.5 Å². The number of esters is 2. The molecule has 2 aromatic rings. The summed E-state index contributed by atoms with van der Waals surface area (Å²) in [7, 11) is 3.15. The highest BCUT2D eigenvalue weighted by atomic mass is 16.6. The maximum atomic E-state index is 14.1. The molecule has 0 saturated carbocycles. The minimum atomic E-state index is -0.771. The van der Waals surface area contributed by atoms with Gasteiger partial charge in [0, 0.05) is 0 Å². The second-order valence-corrected chi connectivity index (χ2v) is 11.2. The van der Waals surface area contributed by atoms with E-state index in [1.54, 1.807) is 53.7 Å². The van der Waals surface area contributed by atoms with Crippen LogP contribution in [0.15, 0.2) is 42.5 Å². The number of carbonyl (C=O) groups excluding carboxylic acids is 3. The minimum absolute atomic E-state index is 0.228. The van der Waals surface area contributed by atoms with Gasteiger partial charge in [-0.25, -0.2) is 0 Å². The number of methoxy groups -OCH3 is 2. The topological polar surface area (TPSA) is 103 Å². The predicted molar refractivity (Wildman–Crippen MR) is 156 cm³/mol.